The van der Waals surface area contributed by atoms with Crippen LogP contribution in [0.15, 0.2) is 24.3 Å². The van der Waals surface area contributed by atoms with Crippen molar-refractivity contribution in [1.82, 2.24) is 9.80 Å². The fraction of sp³-hybridized carbons (Fsp3) is 0.632. The predicted octanol–water partition coefficient (Wildman–Crippen LogP) is 2.78. The zero-order valence-corrected chi connectivity index (χ0v) is 14.5. The number of carbonyl (C=O) groups excluding carboxylic acids is 1. The number of esters is 1. The maximum absolute atomic E-state index is 11.5. The van der Waals surface area contributed by atoms with Crippen molar-refractivity contribution in [3.8, 4) is 0 Å². The van der Waals surface area contributed by atoms with Crippen molar-refractivity contribution in [2.24, 2.45) is 5.92 Å². The summed E-state index contributed by atoms with van der Waals surface area (Å²) in [4.78, 5) is 16.7. The lowest BCUT2D eigenvalue weighted by Gasteiger charge is -2.47. The Morgan fingerprint density at radius 1 is 1.22 bits per heavy atom. The molecule has 1 aromatic carbocycles. The number of rotatable bonds is 5. The van der Waals surface area contributed by atoms with Gasteiger partial charge in [-0.3, -0.25) is 9.80 Å². The van der Waals surface area contributed by atoms with Crippen LogP contribution >= 0.6 is 0 Å². The molecule has 4 heteroatoms. The maximum atomic E-state index is 11.5. The summed E-state index contributed by atoms with van der Waals surface area (Å²) in [6.45, 7) is 10.3. The van der Waals surface area contributed by atoms with Crippen molar-refractivity contribution in [3.63, 3.8) is 0 Å². The van der Waals surface area contributed by atoms with Crippen LogP contribution < -0.4 is 0 Å². The van der Waals surface area contributed by atoms with Crippen LogP contribution in [0.25, 0.3) is 0 Å². The zero-order chi connectivity index (χ0) is 16.4. The largest absolute Gasteiger partial charge is 0.465 e. The molecular formula is C19H28N2O2. The van der Waals surface area contributed by atoms with Crippen LogP contribution in [-0.2, 0) is 11.3 Å². The first-order valence-electron chi connectivity index (χ1n) is 8.62. The number of hydrogen-bond donors (Lipinski definition) is 0. The number of nitrogens with zero attached hydrogens (tertiary/aromatic N) is 2. The second kappa shape index (κ2) is 6.62. The van der Waals surface area contributed by atoms with Gasteiger partial charge in [-0.15, -0.1) is 0 Å². The van der Waals surface area contributed by atoms with E-state index in [0.717, 1.165) is 25.6 Å². The number of piperazine rings is 1. The molecule has 23 heavy (non-hydrogen) atoms. The van der Waals surface area contributed by atoms with Gasteiger partial charge in [-0.25, -0.2) is 4.79 Å². The Labute approximate surface area is 139 Å². The van der Waals surface area contributed by atoms with E-state index in [0.29, 0.717) is 5.56 Å². The molecule has 0 radical (unpaired) electrons. The number of benzene rings is 1. The van der Waals surface area contributed by atoms with Crippen molar-refractivity contribution < 1.29 is 9.53 Å². The summed E-state index contributed by atoms with van der Waals surface area (Å²) in [5, 5.41) is 0. The van der Waals surface area contributed by atoms with Crippen molar-refractivity contribution in [2.75, 3.05) is 33.3 Å². The van der Waals surface area contributed by atoms with Crippen LogP contribution in [0.5, 0.6) is 0 Å². The summed E-state index contributed by atoms with van der Waals surface area (Å²) in [7, 11) is 1.42. The Kier molecular flexibility index (Phi) is 4.74. The fourth-order valence-electron chi connectivity index (χ4n) is 3.49. The summed E-state index contributed by atoms with van der Waals surface area (Å²) in [5.74, 6) is 0.689. The molecule has 0 unspecified atom stereocenters. The van der Waals surface area contributed by atoms with Crippen LogP contribution in [-0.4, -0.2) is 54.6 Å². The minimum Gasteiger partial charge on any atom is -0.465 e. The average molecular weight is 316 g/mol. The standard InChI is InChI=1S/C19H28N2O2/c1-19(2)14-20(12-15-4-5-15)10-11-21(19)13-16-6-8-17(9-7-16)18(22)23-3/h6-9,15H,4-5,10-14H2,1-3H3. The molecular weight excluding hydrogens is 288 g/mol. The molecule has 126 valence electrons. The molecule has 1 aromatic rings. The summed E-state index contributed by atoms with van der Waals surface area (Å²) in [6, 6.07) is 7.80. The third-order valence-corrected chi connectivity index (χ3v) is 5.11. The highest BCUT2D eigenvalue weighted by atomic mass is 16.5. The first kappa shape index (κ1) is 16.5. The summed E-state index contributed by atoms with van der Waals surface area (Å²) < 4.78 is 4.75. The smallest absolute Gasteiger partial charge is 0.337 e. The van der Waals surface area contributed by atoms with E-state index >= 15 is 0 Å². The summed E-state index contributed by atoms with van der Waals surface area (Å²) >= 11 is 0. The molecule has 0 aromatic heterocycles. The molecule has 1 heterocycles. The van der Waals surface area contributed by atoms with E-state index in [1.54, 1.807) is 0 Å². The lowest BCUT2D eigenvalue weighted by Crippen LogP contribution is -2.58. The normalized spacial score (nSPS) is 22.0. The third kappa shape index (κ3) is 4.12. The topological polar surface area (TPSA) is 32.8 Å². The maximum Gasteiger partial charge on any atom is 0.337 e. The molecule has 0 atom stereocenters. The lowest BCUT2D eigenvalue weighted by molar-refractivity contribution is 0.0120. The molecule has 3 rings (SSSR count). The number of methoxy groups -OCH3 is 1. The van der Waals surface area contributed by atoms with Crippen molar-refractivity contribution in [1.29, 1.82) is 0 Å². The van der Waals surface area contributed by atoms with Gasteiger partial charge in [-0.05, 0) is 50.3 Å². The minimum absolute atomic E-state index is 0.189. The Bertz CT molecular complexity index is 549. The highest BCUT2D eigenvalue weighted by molar-refractivity contribution is 5.89. The number of carbonyl (C=O) groups is 1. The first-order valence-corrected chi connectivity index (χ1v) is 8.62. The molecule has 4 nitrogen and oxygen atoms in total. The van der Waals surface area contributed by atoms with Gasteiger partial charge in [0, 0.05) is 38.3 Å². The quantitative estimate of drug-likeness (QED) is 0.782. The van der Waals surface area contributed by atoms with Crippen LogP contribution in [0.4, 0.5) is 0 Å². The van der Waals surface area contributed by atoms with Crippen molar-refractivity contribution in [2.45, 2.75) is 38.8 Å². The van der Waals surface area contributed by atoms with Gasteiger partial charge in [0.15, 0.2) is 0 Å². The molecule has 0 N–H and O–H groups in total. The van der Waals surface area contributed by atoms with E-state index < -0.39 is 0 Å². The van der Waals surface area contributed by atoms with Gasteiger partial charge in [-0.2, -0.15) is 0 Å². The Balaban J connectivity index is 1.59. The van der Waals surface area contributed by atoms with Crippen LogP contribution in [0, 0.1) is 5.92 Å². The zero-order valence-electron chi connectivity index (χ0n) is 14.5. The van der Waals surface area contributed by atoms with Gasteiger partial charge in [0.2, 0.25) is 0 Å². The van der Waals surface area contributed by atoms with Gasteiger partial charge in [0.05, 0.1) is 12.7 Å². The van der Waals surface area contributed by atoms with E-state index in [9.17, 15) is 4.79 Å². The molecule has 1 aliphatic heterocycles. The van der Waals surface area contributed by atoms with E-state index in [1.807, 2.05) is 24.3 Å². The van der Waals surface area contributed by atoms with Gasteiger partial charge in [0.1, 0.15) is 0 Å². The monoisotopic (exact) mass is 316 g/mol. The van der Waals surface area contributed by atoms with E-state index in [2.05, 4.69) is 23.6 Å². The molecule has 0 amide bonds. The van der Waals surface area contributed by atoms with E-state index in [1.165, 1.54) is 38.6 Å². The molecule has 2 fully saturated rings. The Morgan fingerprint density at radius 2 is 1.91 bits per heavy atom. The Hall–Kier alpha value is -1.39. The van der Waals surface area contributed by atoms with Gasteiger partial charge >= 0.3 is 5.97 Å². The van der Waals surface area contributed by atoms with Gasteiger partial charge in [0.25, 0.3) is 0 Å². The second-order valence-corrected chi connectivity index (χ2v) is 7.60. The predicted molar refractivity (Wildman–Crippen MR) is 91.4 cm³/mol. The van der Waals surface area contributed by atoms with E-state index in [4.69, 9.17) is 4.74 Å². The molecule has 0 bridgehead atoms. The molecule has 1 saturated carbocycles. The second-order valence-electron chi connectivity index (χ2n) is 7.60. The van der Waals surface area contributed by atoms with Crippen LogP contribution in [0.2, 0.25) is 0 Å². The number of ether oxygens (including phenoxy) is 1. The molecule has 0 spiro atoms. The van der Waals surface area contributed by atoms with E-state index in [-0.39, 0.29) is 11.5 Å². The summed E-state index contributed by atoms with van der Waals surface area (Å²) in [6.07, 6.45) is 2.85. The van der Waals surface area contributed by atoms with Crippen molar-refractivity contribution in [3.05, 3.63) is 35.4 Å². The fourth-order valence-corrected chi connectivity index (χ4v) is 3.49. The van der Waals surface area contributed by atoms with Crippen molar-refractivity contribution >= 4 is 5.97 Å². The Morgan fingerprint density at radius 3 is 2.48 bits per heavy atom. The first-order chi connectivity index (χ1) is 11.0. The number of hydrogen-bond acceptors (Lipinski definition) is 4. The summed E-state index contributed by atoms with van der Waals surface area (Å²) in [5.41, 5.74) is 2.06. The third-order valence-electron chi connectivity index (χ3n) is 5.11. The highest BCUT2D eigenvalue weighted by Crippen LogP contribution is 2.32. The van der Waals surface area contributed by atoms with Crippen LogP contribution in [0.1, 0.15) is 42.6 Å². The van der Waals surface area contributed by atoms with Gasteiger partial charge < -0.3 is 4.74 Å². The lowest BCUT2D eigenvalue weighted by atomic mass is 9.97. The molecule has 2 aliphatic rings. The van der Waals surface area contributed by atoms with Crippen LogP contribution in [0.3, 0.4) is 0 Å². The van der Waals surface area contributed by atoms with Gasteiger partial charge in [-0.1, -0.05) is 12.1 Å². The minimum atomic E-state index is -0.273. The highest BCUT2D eigenvalue weighted by Gasteiger charge is 2.35. The molecule has 1 aliphatic carbocycles. The molecule has 1 saturated heterocycles. The average Bonchev–Trinajstić information content (AvgIpc) is 3.33. The SMILES string of the molecule is COC(=O)c1ccc(CN2CCN(CC3CC3)CC2(C)C)cc1.